The van der Waals surface area contributed by atoms with E-state index in [1.807, 2.05) is 0 Å². The van der Waals surface area contributed by atoms with Crippen molar-refractivity contribution >= 4 is 10.0 Å². The Kier molecular flexibility index (Phi) is 4.74. The molecule has 22 heavy (non-hydrogen) atoms. The van der Waals surface area contributed by atoms with E-state index in [9.17, 15) is 8.42 Å². The second kappa shape index (κ2) is 6.38. The number of furan rings is 1. The zero-order chi connectivity index (χ0) is 16.3. The third kappa shape index (κ3) is 3.08. The van der Waals surface area contributed by atoms with Crippen molar-refractivity contribution in [3.05, 3.63) is 35.5 Å². The molecule has 0 radical (unpaired) electrons. The van der Waals surface area contributed by atoms with Gasteiger partial charge in [-0.3, -0.25) is 4.68 Å². The maximum absolute atomic E-state index is 12.8. The highest BCUT2D eigenvalue weighted by Gasteiger charge is 2.29. The fourth-order valence-electron chi connectivity index (χ4n) is 2.22. The first-order valence-electron chi connectivity index (χ1n) is 6.80. The van der Waals surface area contributed by atoms with Crippen molar-refractivity contribution in [2.45, 2.75) is 38.8 Å². The molecule has 2 aromatic heterocycles. The third-order valence-corrected chi connectivity index (χ3v) is 5.40. The first-order chi connectivity index (χ1) is 10.4. The Morgan fingerprint density at radius 2 is 2.14 bits per heavy atom. The first kappa shape index (κ1) is 16.3. The van der Waals surface area contributed by atoms with E-state index < -0.39 is 10.0 Å². The fraction of sp³-hybridized carbons (Fsp3) is 0.400. The van der Waals surface area contributed by atoms with Gasteiger partial charge in [-0.25, -0.2) is 8.42 Å². The Bertz CT molecular complexity index is 808. The van der Waals surface area contributed by atoms with Crippen molar-refractivity contribution in [3.63, 3.8) is 0 Å². The van der Waals surface area contributed by atoms with Gasteiger partial charge in [-0.1, -0.05) is 5.92 Å². The van der Waals surface area contributed by atoms with Gasteiger partial charge in [0.15, 0.2) is 0 Å². The van der Waals surface area contributed by atoms with Crippen LogP contribution in [0.5, 0.6) is 0 Å². The molecule has 7 heteroatoms. The predicted octanol–water partition coefficient (Wildman–Crippen LogP) is 1.94. The predicted molar refractivity (Wildman–Crippen MR) is 82.5 cm³/mol. The Balaban J connectivity index is 2.36. The Morgan fingerprint density at radius 1 is 1.41 bits per heavy atom. The molecule has 0 spiro atoms. The molecule has 0 atom stereocenters. The van der Waals surface area contributed by atoms with Gasteiger partial charge in [0.05, 0.1) is 24.2 Å². The molecule has 0 saturated carbocycles. The normalized spacial score (nSPS) is 11.5. The minimum absolute atomic E-state index is 0.175. The molecule has 0 amide bonds. The first-order valence-corrected chi connectivity index (χ1v) is 8.24. The molecule has 0 fully saturated rings. The maximum atomic E-state index is 12.8. The monoisotopic (exact) mass is 321 g/mol. The van der Waals surface area contributed by atoms with Crippen LogP contribution in [0, 0.1) is 25.7 Å². The zero-order valence-electron chi connectivity index (χ0n) is 13.1. The van der Waals surface area contributed by atoms with Crippen LogP contribution in [0.25, 0.3) is 0 Å². The molecule has 0 saturated heterocycles. The molecule has 0 aromatic carbocycles. The Hall–Kier alpha value is -2.04. The van der Waals surface area contributed by atoms with Gasteiger partial charge in [0, 0.05) is 7.05 Å². The van der Waals surface area contributed by atoms with Crippen LogP contribution in [0.4, 0.5) is 0 Å². The van der Waals surface area contributed by atoms with Crippen molar-refractivity contribution < 1.29 is 12.8 Å². The molecule has 2 heterocycles. The van der Waals surface area contributed by atoms with E-state index in [-0.39, 0.29) is 11.4 Å². The molecular formula is C15H19N3O3S. The second-order valence-corrected chi connectivity index (χ2v) is 6.91. The molecule has 2 rings (SSSR count). The summed E-state index contributed by atoms with van der Waals surface area (Å²) in [6, 6.07) is 3.47. The van der Waals surface area contributed by atoms with Gasteiger partial charge in [-0.15, -0.1) is 5.92 Å². The molecule has 0 aliphatic heterocycles. The van der Waals surface area contributed by atoms with Gasteiger partial charge in [0.2, 0.25) is 10.0 Å². The molecule has 2 aromatic rings. The molecule has 0 unspecified atom stereocenters. The topological polar surface area (TPSA) is 68.3 Å². The molecule has 0 aliphatic rings. The summed E-state index contributed by atoms with van der Waals surface area (Å²) in [4.78, 5) is 0.236. The molecule has 118 valence electrons. The Morgan fingerprint density at radius 3 is 2.73 bits per heavy atom. The summed E-state index contributed by atoms with van der Waals surface area (Å²) < 4.78 is 33.6. The smallest absolute Gasteiger partial charge is 0.246 e. The highest BCUT2D eigenvalue weighted by Crippen LogP contribution is 2.23. The molecule has 6 nitrogen and oxygen atoms in total. The van der Waals surface area contributed by atoms with Crippen LogP contribution in [-0.4, -0.2) is 29.6 Å². The lowest BCUT2D eigenvalue weighted by atomic mass is 10.4. The lowest BCUT2D eigenvalue weighted by Gasteiger charge is -2.16. The summed E-state index contributed by atoms with van der Waals surface area (Å²) in [6.45, 7) is 5.72. The van der Waals surface area contributed by atoms with Crippen molar-refractivity contribution in [1.82, 2.24) is 14.1 Å². The standard InChI is InChI=1S/C15H19N3O3S/c1-5-6-9-18-13(3)15(12(2)16-18)22(19,20)17(4)11-14-8-7-10-21-14/h7-8,10H,9,11H2,1-4H3. The van der Waals surface area contributed by atoms with Gasteiger partial charge in [0.25, 0.3) is 0 Å². The quantitative estimate of drug-likeness (QED) is 0.789. The number of aromatic nitrogens is 2. The summed E-state index contributed by atoms with van der Waals surface area (Å²) in [5.74, 6) is 6.26. The van der Waals surface area contributed by atoms with Crippen LogP contribution < -0.4 is 0 Å². The molecule has 0 N–H and O–H groups in total. The van der Waals surface area contributed by atoms with Crippen LogP contribution in [-0.2, 0) is 23.1 Å². The fourth-order valence-corrected chi connectivity index (χ4v) is 3.73. The van der Waals surface area contributed by atoms with E-state index in [4.69, 9.17) is 4.42 Å². The number of rotatable bonds is 5. The summed E-state index contributed by atoms with van der Waals surface area (Å²) in [5, 5.41) is 4.28. The van der Waals surface area contributed by atoms with E-state index in [1.54, 1.807) is 37.6 Å². The maximum Gasteiger partial charge on any atom is 0.246 e. The summed E-state index contributed by atoms with van der Waals surface area (Å²) in [7, 11) is -2.11. The van der Waals surface area contributed by atoms with Gasteiger partial charge < -0.3 is 4.42 Å². The van der Waals surface area contributed by atoms with Crippen molar-refractivity contribution in [2.75, 3.05) is 7.05 Å². The van der Waals surface area contributed by atoms with Crippen LogP contribution in [0.15, 0.2) is 27.7 Å². The largest absolute Gasteiger partial charge is 0.468 e. The number of sulfonamides is 1. The highest BCUT2D eigenvalue weighted by atomic mass is 32.2. The van der Waals surface area contributed by atoms with E-state index in [0.717, 1.165) is 0 Å². The van der Waals surface area contributed by atoms with Gasteiger partial charge in [0.1, 0.15) is 17.2 Å². The van der Waals surface area contributed by atoms with Crippen LogP contribution in [0.1, 0.15) is 24.1 Å². The average Bonchev–Trinajstić information content (AvgIpc) is 3.05. The van der Waals surface area contributed by atoms with E-state index >= 15 is 0 Å². The molecule has 0 bridgehead atoms. The number of hydrogen-bond donors (Lipinski definition) is 0. The van der Waals surface area contributed by atoms with Gasteiger partial charge >= 0.3 is 0 Å². The summed E-state index contributed by atoms with van der Waals surface area (Å²) in [5.41, 5.74) is 1.06. The summed E-state index contributed by atoms with van der Waals surface area (Å²) in [6.07, 6.45) is 1.52. The average molecular weight is 321 g/mol. The van der Waals surface area contributed by atoms with E-state index in [0.29, 0.717) is 23.7 Å². The van der Waals surface area contributed by atoms with Crippen LogP contribution in [0.3, 0.4) is 0 Å². The van der Waals surface area contributed by atoms with Gasteiger partial charge in [-0.05, 0) is 32.9 Å². The number of hydrogen-bond acceptors (Lipinski definition) is 4. The minimum Gasteiger partial charge on any atom is -0.468 e. The second-order valence-electron chi connectivity index (χ2n) is 4.92. The minimum atomic E-state index is -3.64. The van der Waals surface area contributed by atoms with Crippen molar-refractivity contribution in [2.24, 2.45) is 0 Å². The number of nitrogens with zero attached hydrogens (tertiary/aromatic N) is 3. The van der Waals surface area contributed by atoms with Crippen molar-refractivity contribution in [3.8, 4) is 11.8 Å². The van der Waals surface area contributed by atoms with Crippen LogP contribution >= 0.6 is 0 Å². The molecular weight excluding hydrogens is 302 g/mol. The number of aryl methyl sites for hydroxylation is 1. The zero-order valence-corrected chi connectivity index (χ0v) is 13.9. The molecule has 0 aliphatic carbocycles. The van der Waals surface area contributed by atoms with Gasteiger partial charge in [-0.2, -0.15) is 9.40 Å². The third-order valence-electron chi connectivity index (χ3n) is 3.35. The lowest BCUT2D eigenvalue weighted by molar-refractivity contribution is 0.406. The summed E-state index contributed by atoms with van der Waals surface area (Å²) >= 11 is 0. The SMILES string of the molecule is CC#CCn1nc(C)c(S(=O)(=O)N(C)Cc2ccco2)c1C. The van der Waals surface area contributed by atoms with E-state index in [1.165, 1.54) is 17.6 Å². The van der Waals surface area contributed by atoms with Crippen LogP contribution in [0.2, 0.25) is 0 Å². The van der Waals surface area contributed by atoms with Crippen molar-refractivity contribution in [1.29, 1.82) is 0 Å². The Labute approximate surface area is 130 Å². The van der Waals surface area contributed by atoms with E-state index in [2.05, 4.69) is 16.9 Å². The lowest BCUT2D eigenvalue weighted by Crippen LogP contribution is -2.27. The highest BCUT2D eigenvalue weighted by molar-refractivity contribution is 7.89.